The van der Waals surface area contributed by atoms with E-state index >= 15 is 0 Å². The molecule has 0 bridgehead atoms. The molecule has 2 aromatic rings. The summed E-state index contributed by atoms with van der Waals surface area (Å²) in [6, 6.07) is 11.2. The van der Waals surface area contributed by atoms with Crippen LogP contribution in [-0.2, 0) is 6.54 Å². The number of benzene rings is 1. The van der Waals surface area contributed by atoms with Gasteiger partial charge in [0.15, 0.2) is 0 Å². The largest absolute Gasteiger partial charge is 0.316 e. The van der Waals surface area contributed by atoms with Gasteiger partial charge in [0.25, 0.3) is 0 Å². The Morgan fingerprint density at radius 3 is 3.11 bits per heavy atom. The number of likely N-dealkylation sites (N-methyl/N-ethyl adjacent to an activating group) is 1. The van der Waals surface area contributed by atoms with Gasteiger partial charge >= 0.3 is 0 Å². The van der Waals surface area contributed by atoms with Crippen molar-refractivity contribution in [2.75, 3.05) is 20.1 Å². The molecule has 1 fully saturated rings. The average molecular weight is 255 g/mol. The number of piperidine rings is 1. The number of fused-ring (bicyclic) bond motifs is 1. The van der Waals surface area contributed by atoms with Crippen LogP contribution >= 0.6 is 0 Å². The van der Waals surface area contributed by atoms with E-state index in [0.29, 0.717) is 6.04 Å². The fraction of sp³-hybridized carbons (Fsp3) is 0.438. The third-order valence-electron chi connectivity index (χ3n) is 4.05. The van der Waals surface area contributed by atoms with E-state index in [0.717, 1.165) is 18.6 Å². The van der Waals surface area contributed by atoms with Crippen LogP contribution in [-0.4, -0.2) is 36.1 Å². The fourth-order valence-electron chi connectivity index (χ4n) is 2.97. The number of nitrogens with zero attached hydrogens (tertiary/aromatic N) is 2. The minimum Gasteiger partial charge on any atom is -0.316 e. The second-order valence-electron chi connectivity index (χ2n) is 5.35. The van der Waals surface area contributed by atoms with Crippen LogP contribution in [0.5, 0.6) is 0 Å². The van der Waals surface area contributed by atoms with Crippen molar-refractivity contribution in [1.82, 2.24) is 15.2 Å². The van der Waals surface area contributed by atoms with Crippen molar-refractivity contribution in [3.8, 4) is 0 Å². The number of rotatable bonds is 3. The van der Waals surface area contributed by atoms with Gasteiger partial charge in [-0.3, -0.25) is 9.88 Å². The van der Waals surface area contributed by atoms with Gasteiger partial charge in [-0.15, -0.1) is 0 Å². The molecule has 0 spiro atoms. The predicted octanol–water partition coefficient (Wildman–Crippen LogP) is 2.42. The van der Waals surface area contributed by atoms with Gasteiger partial charge in [0, 0.05) is 30.7 Å². The number of hydrogen-bond acceptors (Lipinski definition) is 3. The maximum absolute atomic E-state index is 4.44. The first-order chi connectivity index (χ1) is 9.36. The van der Waals surface area contributed by atoms with Gasteiger partial charge in [-0.2, -0.15) is 0 Å². The molecule has 100 valence electrons. The van der Waals surface area contributed by atoms with E-state index in [-0.39, 0.29) is 0 Å². The second-order valence-corrected chi connectivity index (χ2v) is 5.35. The maximum Gasteiger partial charge on any atom is 0.0705 e. The molecular formula is C16H21N3. The highest BCUT2D eigenvalue weighted by atomic mass is 15.2. The normalized spacial score (nSPS) is 20.8. The fourth-order valence-corrected chi connectivity index (χ4v) is 2.97. The first kappa shape index (κ1) is 12.6. The number of pyridine rings is 1. The van der Waals surface area contributed by atoms with Crippen LogP contribution in [0.3, 0.4) is 0 Å². The van der Waals surface area contributed by atoms with Crippen LogP contribution in [0.25, 0.3) is 10.9 Å². The van der Waals surface area contributed by atoms with Gasteiger partial charge in [-0.25, -0.2) is 0 Å². The number of aromatic nitrogens is 1. The Kier molecular flexibility index (Phi) is 3.76. The molecule has 1 N–H and O–H groups in total. The molecule has 1 aromatic heterocycles. The SMILES string of the molecule is CNC1CCCN(Cc2ccnc3ccccc23)C1. The molecule has 2 heterocycles. The summed E-state index contributed by atoms with van der Waals surface area (Å²) in [6.07, 6.45) is 4.51. The molecule has 3 nitrogen and oxygen atoms in total. The van der Waals surface area contributed by atoms with Crippen molar-refractivity contribution >= 4 is 10.9 Å². The van der Waals surface area contributed by atoms with Crippen molar-refractivity contribution in [3.05, 3.63) is 42.1 Å². The number of para-hydroxylation sites is 1. The standard InChI is InChI=1S/C16H21N3/c1-17-14-5-4-10-19(12-14)11-13-8-9-18-16-7-3-2-6-15(13)16/h2-3,6-9,14,17H,4-5,10-12H2,1H3. The second kappa shape index (κ2) is 5.68. The van der Waals surface area contributed by atoms with Crippen molar-refractivity contribution < 1.29 is 0 Å². The van der Waals surface area contributed by atoms with Crippen LogP contribution < -0.4 is 5.32 Å². The molecule has 3 heteroatoms. The van der Waals surface area contributed by atoms with Crippen molar-refractivity contribution in [1.29, 1.82) is 0 Å². The summed E-state index contributed by atoms with van der Waals surface area (Å²) >= 11 is 0. The Bertz CT molecular complexity index is 547. The zero-order valence-corrected chi connectivity index (χ0v) is 11.5. The highest BCUT2D eigenvalue weighted by molar-refractivity contribution is 5.81. The molecule has 1 aliphatic rings. The topological polar surface area (TPSA) is 28.2 Å². The van der Waals surface area contributed by atoms with Crippen LogP contribution in [0.1, 0.15) is 18.4 Å². The molecule has 3 rings (SSSR count). The molecule has 1 aliphatic heterocycles. The smallest absolute Gasteiger partial charge is 0.0705 e. The number of hydrogen-bond donors (Lipinski definition) is 1. The summed E-state index contributed by atoms with van der Waals surface area (Å²) in [5, 5.41) is 4.69. The van der Waals surface area contributed by atoms with Crippen molar-refractivity contribution in [2.45, 2.75) is 25.4 Å². The molecule has 0 aliphatic carbocycles. The van der Waals surface area contributed by atoms with E-state index in [4.69, 9.17) is 0 Å². The van der Waals surface area contributed by atoms with E-state index in [1.807, 2.05) is 6.20 Å². The summed E-state index contributed by atoms with van der Waals surface area (Å²) in [4.78, 5) is 6.98. The minimum atomic E-state index is 0.641. The summed E-state index contributed by atoms with van der Waals surface area (Å²) in [5.74, 6) is 0. The van der Waals surface area contributed by atoms with Crippen molar-refractivity contribution in [2.24, 2.45) is 0 Å². The number of likely N-dealkylation sites (tertiary alicyclic amines) is 1. The lowest BCUT2D eigenvalue weighted by Crippen LogP contribution is -2.43. The van der Waals surface area contributed by atoms with Gasteiger partial charge in [0.05, 0.1) is 5.52 Å². The Morgan fingerprint density at radius 1 is 1.32 bits per heavy atom. The lowest BCUT2D eigenvalue weighted by Gasteiger charge is -2.32. The molecule has 1 unspecified atom stereocenters. The van der Waals surface area contributed by atoms with E-state index in [9.17, 15) is 0 Å². The van der Waals surface area contributed by atoms with Gasteiger partial charge in [-0.1, -0.05) is 18.2 Å². The Morgan fingerprint density at radius 2 is 2.21 bits per heavy atom. The zero-order chi connectivity index (χ0) is 13.1. The van der Waals surface area contributed by atoms with Crippen LogP contribution in [0.15, 0.2) is 36.5 Å². The highest BCUT2D eigenvalue weighted by Crippen LogP contribution is 2.20. The molecule has 1 aromatic carbocycles. The van der Waals surface area contributed by atoms with Gasteiger partial charge in [-0.05, 0) is 44.1 Å². The first-order valence-corrected chi connectivity index (χ1v) is 7.09. The summed E-state index contributed by atoms with van der Waals surface area (Å²) in [6.45, 7) is 3.38. The molecule has 19 heavy (non-hydrogen) atoms. The van der Waals surface area contributed by atoms with Crippen LogP contribution in [0, 0.1) is 0 Å². The molecular weight excluding hydrogens is 234 g/mol. The third-order valence-corrected chi connectivity index (χ3v) is 4.05. The van der Waals surface area contributed by atoms with Crippen LogP contribution in [0.4, 0.5) is 0 Å². The lowest BCUT2D eigenvalue weighted by atomic mass is 10.0. The summed E-state index contributed by atoms with van der Waals surface area (Å²) in [5.41, 5.74) is 2.49. The molecule has 0 saturated carbocycles. The Hall–Kier alpha value is -1.45. The first-order valence-electron chi connectivity index (χ1n) is 7.09. The molecule has 1 atom stereocenters. The van der Waals surface area contributed by atoms with Gasteiger partial charge < -0.3 is 5.32 Å². The highest BCUT2D eigenvalue weighted by Gasteiger charge is 2.18. The van der Waals surface area contributed by atoms with E-state index < -0.39 is 0 Å². The molecule has 0 amide bonds. The third kappa shape index (κ3) is 2.77. The lowest BCUT2D eigenvalue weighted by molar-refractivity contribution is 0.188. The van der Waals surface area contributed by atoms with Crippen molar-refractivity contribution in [3.63, 3.8) is 0 Å². The minimum absolute atomic E-state index is 0.641. The zero-order valence-electron chi connectivity index (χ0n) is 11.5. The molecule has 0 radical (unpaired) electrons. The van der Waals surface area contributed by atoms with Crippen LogP contribution in [0.2, 0.25) is 0 Å². The molecule has 1 saturated heterocycles. The summed E-state index contributed by atoms with van der Waals surface area (Å²) in [7, 11) is 2.07. The predicted molar refractivity (Wildman–Crippen MR) is 79.1 cm³/mol. The van der Waals surface area contributed by atoms with E-state index in [1.165, 1.54) is 30.3 Å². The van der Waals surface area contributed by atoms with E-state index in [2.05, 4.69) is 52.6 Å². The number of nitrogens with one attached hydrogen (secondary N) is 1. The van der Waals surface area contributed by atoms with E-state index in [1.54, 1.807) is 0 Å². The Balaban J connectivity index is 1.81. The monoisotopic (exact) mass is 255 g/mol. The Labute approximate surface area is 114 Å². The quantitative estimate of drug-likeness (QED) is 0.913. The van der Waals surface area contributed by atoms with Gasteiger partial charge in [0.2, 0.25) is 0 Å². The maximum atomic E-state index is 4.44. The summed E-state index contributed by atoms with van der Waals surface area (Å²) < 4.78 is 0. The average Bonchev–Trinajstić information content (AvgIpc) is 2.48. The van der Waals surface area contributed by atoms with Gasteiger partial charge in [0.1, 0.15) is 0 Å².